The number of aromatic nitrogens is 2. The second-order valence-electron chi connectivity index (χ2n) is 7.43. The number of fused-ring (bicyclic) bond motifs is 3. The van der Waals surface area contributed by atoms with E-state index in [9.17, 15) is 4.79 Å². The van der Waals surface area contributed by atoms with Crippen molar-refractivity contribution in [3.63, 3.8) is 0 Å². The molecule has 0 saturated carbocycles. The van der Waals surface area contributed by atoms with E-state index in [1.54, 1.807) is 29.4 Å². The summed E-state index contributed by atoms with van der Waals surface area (Å²) in [7, 11) is 0. The van der Waals surface area contributed by atoms with Crippen LogP contribution in [0.3, 0.4) is 0 Å². The molecule has 0 unspecified atom stereocenters. The predicted octanol–water partition coefficient (Wildman–Crippen LogP) is 7.28. The topological polar surface area (TPSA) is 46.1 Å². The first-order chi connectivity index (χ1) is 16.3. The van der Waals surface area contributed by atoms with E-state index in [2.05, 4.69) is 39.6 Å². The smallest absolute Gasteiger partial charge is 0.242 e. The Morgan fingerprint density at radius 2 is 1.52 bits per heavy atom. The Kier molecular flexibility index (Phi) is 5.38. The lowest BCUT2D eigenvalue weighted by atomic mass is 10.1. The highest BCUT2D eigenvalue weighted by Crippen LogP contribution is 2.48. The Labute approximate surface area is 203 Å². The van der Waals surface area contributed by atoms with Crippen LogP contribution in [0, 0.1) is 0 Å². The van der Waals surface area contributed by atoms with Gasteiger partial charge in [0.15, 0.2) is 0 Å². The zero-order valence-corrected chi connectivity index (χ0v) is 19.8. The molecule has 1 amide bonds. The summed E-state index contributed by atoms with van der Waals surface area (Å²) in [6.07, 6.45) is 1.59. The van der Waals surface area contributed by atoms with Crippen molar-refractivity contribution in [2.45, 2.75) is 14.8 Å². The van der Waals surface area contributed by atoms with E-state index < -0.39 is 0 Å². The van der Waals surface area contributed by atoms with Gasteiger partial charge in [0, 0.05) is 20.7 Å². The van der Waals surface area contributed by atoms with Gasteiger partial charge in [-0.1, -0.05) is 78.1 Å². The minimum Gasteiger partial charge on any atom is -0.278 e. The average molecular weight is 484 g/mol. The molecule has 6 rings (SSSR count). The molecular weight excluding hydrogens is 467 g/mol. The number of rotatable bonds is 4. The molecule has 1 aliphatic rings. The Morgan fingerprint density at radius 1 is 0.848 bits per heavy atom. The molecule has 5 aromatic rings. The second-order valence-corrected chi connectivity index (χ2v) is 10.3. The quantitative estimate of drug-likeness (QED) is 0.199. The number of amides is 1. The van der Waals surface area contributed by atoms with Gasteiger partial charge >= 0.3 is 0 Å². The van der Waals surface area contributed by atoms with Crippen molar-refractivity contribution in [3.05, 3.63) is 90.6 Å². The number of thiophene rings is 1. The number of hydrogen-bond acceptors (Lipinski definition) is 6. The number of anilines is 2. The van der Waals surface area contributed by atoms with E-state index in [0.717, 1.165) is 47.5 Å². The van der Waals surface area contributed by atoms with Gasteiger partial charge in [0.1, 0.15) is 16.2 Å². The minimum atomic E-state index is 0.0310. The summed E-state index contributed by atoms with van der Waals surface area (Å²) in [4.78, 5) is 27.5. The first-order valence-electron chi connectivity index (χ1n) is 10.4. The Hall–Kier alpha value is -3.13. The molecule has 0 fully saturated rings. The number of para-hydroxylation sites is 2. The molecule has 3 aromatic carbocycles. The third-order valence-corrected chi connectivity index (χ3v) is 8.43. The summed E-state index contributed by atoms with van der Waals surface area (Å²) in [5.41, 5.74) is 4.10. The third-order valence-electron chi connectivity index (χ3n) is 5.43. The largest absolute Gasteiger partial charge is 0.278 e. The molecule has 0 spiro atoms. The number of nitrogens with zero attached hydrogens (tertiary/aromatic N) is 3. The first-order valence-corrected chi connectivity index (χ1v) is 13.1. The van der Waals surface area contributed by atoms with Crippen LogP contribution in [0.1, 0.15) is 0 Å². The van der Waals surface area contributed by atoms with Crippen LogP contribution in [0.25, 0.3) is 21.3 Å². The van der Waals surface area contributed by atoms with Crippen molar-refractivity contribution >= 4 is 62.4 Å². The summed E-state index contributed by atoms with van der Waals surface area (Å²) >= 11 is 4.78. The maximum absolute atomic E-state index is 13.6. The molecule has 4 nitrogen and oxygen atoms in total. The zero-order valence-electron chi connectivity index (χ0n) is 17.3. The molecule has 33 heavy (non-hydrogen) atoms. The molecule has 0 bridgehead atoms. The lowest BCUT2D eigenvalue weighted by Gasteiger charge is -2.31. The molecule has 3 heterocycles. The molecule has 0 saturated heterocycles. The molecular formula is C26H17N3OS3. The van der Waals surface area contributed by atoms with E-state index in [0.29, 0.717) is 0 Å². The maximum atomic E-state index is 13.6. The summed E-state index contributed by atoms with van der Waals surface area (Å²) in [6.45, 7) is 0. The monoisotopic (exact) mass is 483 g/mol. The molecule has 0 N–H and O–H groups in total. The van der Waals surface area contributed by atoms with Gasteiger partial charge in [-0.05, 0) is 29.8 Å². The SMILES string of the molecule is O=C(CSc1ncnc2scc(-c3ccccc3)c12)N1c2ccccc2Sc2ccccc21. The lowest BCUT2D eigenvalue weighted by Crippen LogP contribution is -2.30. The van der Waals surface area contributed by atoms with Crippen molar-refractivity contribution in [2.24, 2.45) is 0 Å². The summed E-state index contributed by atoms with van der Waals surface area (Å²) in [6, 6.07) is 26.4. The summed E-state index contributed by atoms with van der Waals surface area (Å²) in [5, 5.41) is 3.97. The second kappa shape index (κ2) is 8.67. The van der Waals surface area contributed by atoms with Crippen LogP contribution < -0.4 is 4.90 Å². The molecule has 0 atom stereocenters. The highest BCUT2D eigenvalue weighted by molar-refractivity contribution is 8.00. The van der Waals surface area contributed by atoms with Crippen LogP contribution >= 0.6 is 34.9 Å². The van der Waals surface area contributed by atoms with Gasteiger partial charge in [-0.15, -0.1) is 11.3 Å². The summed E-state index contributed by atoms with van der Waals surface area (Å²) in [5.74, 6) is 0.312. The van der Waals surface area contributed by atoms with Gasteiger partial charge in [0.05, 0.1) is 22.5 Å². The Balaban J connectivity index is 1.34. The van der Waals surface area contributed by atoms with Gasteiger partial charge in [-0.3, -0.25) is 9.69 Å². The fourth-order valence-corrected chi connectivity index (χ4v) is 6.86. The summed E-state index contributed by atoms with van der Waals surface area (Å²) < 4.78 is 0. The molecule has 1 aliphatic heterocycles. The first kappa shape index (κ1) is 20.5. The van der Waals surface area contributed by atoms with Gasteiger partial charge in [0.25, 0.3) is 0 Å². The average Bonchev–Trinajstić information content (AvgIpc) is 3.31. The van der Waals surface area contributed by atoms with Crippen molar-refractivity contribution in [1.29, 1.82) is 0 Å². The highest BCUT2D eigenvalue weighted by Gasteiger charge is 2.28. The van der Waals surface area contributed by atoms with Crippen molar-refractivity contribution in [3.8, 4) is 11.1 Å². The van der Waals surface area contributed by atoms with Crippen LogP contribution in [-0.4, -0.2) is 21.6 Å². The number of thioether (sulfide) groups is 1. The van der Waals surface area contributed by atoms with E-state index >= 15 is 0 Å². The van der Waals surface area contributed by atoms with Crippen molar-refractivity contribution < 1.29 is 4.79 Å². The van der Waals surface area contributed by atoms with E-state index in [1.807, 2.05) is 59.5 Å². The fraction of sp³-hybridized carbons (Fsp3) is 0.0385. The molecule has 160 valence electrons. The highest BCUT2D eigenvalue weighted by atomic mass is 32.2. The van der Waals surface area contributed by atoms with Crippen LogP contribution in [0.2, 0.25) is 0 Å². The minimum absolute atomic E-state index is 0.0310. The third kappa shape index (κ3) is 3.72. The molecule has 0 aliphatic carbocycles. The van der Waals surface area contributed by atoms with Crippen LogP contribution in [0.5, 0.6) is 0 Å². The molecule has 2 aromatic heterocycles. The lowest BCUT2D eigenvalue weighted by molar-refractivity contribution is -0.115. The number of carbonyl (C=O) groups excluding carboxylic acids is 1. The van der Waals surface area contributed by atoms with Crippen LogP contribution in [0.15, 0.2) is 105 Å². The van der Waals surface area contributed by atoms with Crippen molar-refractivity contribution in [2.75, 3.05) is 10.7 Å². The van der Waals surface area contributed by atoms with E-state index in [1.165, 1.54) is 11.8 Å². The van der Waals surface area contributed by atoms with Gasteiger partial charge in [-0.2, -0.15) is 0 Å². The zero-order chi connectivity index (χ0) is 22.2. The maximum Gasteiger partial charge on any atom is 0.242 e. The van der Waals surface area contributed by atoms with Gasteiger partial charge in [-0.25, -0.2) is 9.97 Å². The fourth-order valence-electron chi connectivity index (χ4n) is 3.96. The Morgan fingerprint density at radius 3 is 2.24 bits per heavy atom. The number of benzene rings is 3. The molecule has 0 radical (unpaired) electrons. The normalized spacial score (nSPS) is 12.4. The number of hydrogen-bond donors (Lipinski definition) is 0. The van der Waals surface area contributed by atoms with Crippen molar-refractivity contribution in [1.82, 2.24) is 9.97 Å². The molecule has 7 heteroatoms. The van der Waals surface area contributed by atoms with Crippen LogP contribution in [0.4, 0.5) is 11.4 Å². The number of carbonyl (C=O) groups is 1. The van der Waals surface area contributed by atoms with E-state index in [4.69, 9.17) is 0 Å². The van der Waals surface area contributed by atoms with Gasteiger partial charge < -0.3 is 0 Å². The van der Waals surface area contributed by atoms with Crippen LogP contribution in [-0.2, 0) is 4.79 Å². The van der Waals surface area contributed by atoms with E-state index in [-0.39, 0.29) is 11.7 Å². The Bertz CT molecular complexity index is 1440. The van der Waals surface area contributed by atoms with Gasteiger partial charge in [0.2, 0.25) is 5.91 Å². The standard InChI is InChI=1S/C26H17N3OS3/c30-23(29-19-10-4-6-12-21(19)33-22-13-7-5-11-20(22)29)15-32-26-24-18(17-8-2-1-3-9-17)14-31-25(24)27-16-28-26/h1-14,16H,15H2. The predicted molar refractivity (Wildman–Crippen MR) is 138 cm³/mol.